The highest BCUT2D eigenvalue weighted by molar-refractivity contribution is 6.02. The van der Waals surface area contributed by atoms with Crippen molar-refractivity contribution in [3.63, 3.8) is 0 Å². The number of nitrogens with zero attached hydrogens (tertiary/aromatic N) is 2. The van der Waals surface area contributed by atoms with Gasteiger partial charge in [-0.2, -0.15) is 0 Å². The van der Waals surface area contributed by atoms with E-state index in [1.807, 2.05) is 0 Å². The largest absolute Gasteiger partial charge is 0.228 e. The molecule has 1 spiro atoms. The fourth-order valence-corrected chi connectivity index (χ4v) is 10.1. The van der Waals surface area contributed by atoms with Crippen LogP contribution in [-0.2, 0) is 5.41 Å². The summed E-state index contributed by atoms with van der Waals surface area (Å²) < 4.78 is 0. The van der Waals surface area contributed by atoms with Gasteiger partial charge in [0.15, 0.2) is 5.82 Å². The lowest BCUT2D eigenvalue weighted by Gasteiger charge is -2.32. The fourth-order valence-electron chi connectivity index (χ4n) is 10.1. The van der Waals surface area contributed by atoms with Gasteiger partial charge in [-0.3, -0.25) is 0 Å². The summed E-state index contributed by atoms with van der Waals surface area (Å²) in [6.45, 7) is 0. The minimum Gasteiger partial charge on any atom is -0.228 e. The molecule has 1 atom stereocenters. The Hall–Kier alpha value is -6.90. The standard InChI is InChI=1S/C52H32N2/c1-2-16-33(17-3-1)51-53-49(42-26-14-18-32-15-4-5-19-35(32)42)48-50(54-51)43-25-11-13-28-45(43)52(48)44-27-12-10-22-38(44)39-30-29-34(31-46(39)52)47-40-23-8-6-20-36(40)37-21-7-9-24-41(37)47/h1-31,47H. The van der Waals surface area contributed by atoms with Crippen LogP contribution in [0.25, 0.3) is 66.9 Å². The maximum absolute atomic E-state index is 5.63. The summed E-state index contributed by atoms with van der Waals surface area (Å²) in [5.74, 6) is 0.873. The molecule has 250 valence electrons. The van der Waals surface area contributed by atoms with E-state index in [0.29, 0.717) is 0 Å². The Bertz CT molecular complexity index is 2960. The van der Waals surface area contributed by atoms with Crippen molar-refractivity contribution in [2.24, 2.45) is 0 Å². The zero-order valence-electron chi connectivity index (χ0n) is 29.4. The molecule has 2 nitrogen and oxygen atoms in total. The van der Waals surface area contributed by atoms with Gasteiger partial charge in [0.05, 0.1) is 16.8 Å². The van der Waals surface area contributed by atoms with Crippen molar-refractivity contribution in [1.29, 1.82) is 0 Å². The first-order valence-electron chi connectivity index (χ1n) is 18.8. The van der Waals surface area contributed by atoms with Crippen molar-refractivity contribution in [3.05, 3.63) is 227 Å². The highest BCUT2D eigenvalue weighted by Crippen LogP contribution is 2.65. The van der Waals surface area contributed by atoms with Crippen molar-refractivity contribution in [2.75, 3.05) is 0 Å². The molecule has 0 saturated heterocycles. The van der Waals surface area contributed by atoms with Crippen LogP contribution in [0.15, 0.2) is 188 Å². The second kappa shape index (κ2) is 11.1. The average molecular weight is 685 g/mol. The third kappa shape index (κ3) is 3.84. The molecule has 0 N–H and O–H groups in total. The summed E-state index contributed by atoms with van der Waals surface area (Å²) in [5.41, 5.74) is 18.9. The van der Waals surface area contributed by atoms with Crippen molar-refractivity contribution >= 4 is 10.8 Å². The Kier molecular flexibility index (Phi) is 6.07. The Labute approximate surface area is 314 Å². The van der Waals surface area contributed by atoms with E-state index < -0.39 is 5.41 Å². The summed E-state index contributed by atoms with van der Waals surface area (Å²) >= 11 is 0. The first kappa shape index (κ1) is 29.7. The summed E-state index contributed by atoms with van der Waals surface area (Å²) in [5, 5.41) is 2.38. The van der Waals surface area contributed by atoms with Gasteiger partial charge >= 0.3 is 0 Å². The fraction of sp³-hybridized carbons (Fsp3) is 0.0385. The lowest BCUT2D eigenvalue weighted by molar-refractivity contribution is 0.785. The number of hydrogen-bond acceptors (Lipinski definition) is 2. The minimum atomic E-state index is -0.632. The summed E-state index contributed by atoms with van der Waals surface area (Å²) in [6, 6.07) is 68.9. The van der Waals surface area contributed by atoms with Gasteiger partial charge in [-0.05, 0) is 66.4 Å². The van der Waals surface area contributed by atoms with Gasteiger partial charge in [-0.15, -0.1) is 0 Å². The second-order valence-corrected chi connectivity index (χ2v) is 14.8. The molecule has 0 amide bonds. The highest BCUT2D eigenvalue weighted by Gasteiger charge is 2.54. The third-order valence-electron chi connectivity index (χ3n) is 12.2. The van der Waals surface area contributed by atoms with Gasteiger partial charge in [0, 0.05) is 28.2 Å². The first-order valence-corrected chi connectivity index (χ1v) is 18.8. The molecule has 12 rings (SSSR count). The number of rotatable bonds is 3. The van der Waals surface area contributed by atoms with E-state index in [4.69, 9.17) is 9.97 Å². The Balaban J connectivity index is 1.22. The Morgan fingerprint density at radius 1 is 0.389 bits per heavy atom. The van der Waals surface area contributed by atoms with E-state index in [1.54, 1.807) is 0 Å². The predicted octanol–water partition coefficient (Wildman–Crippen LogP) is 12.5. The van der Waals surface area contributed by atoms with Crippen LogP contribution in [0.5, 0.6) is 0 Å². The van der Waals surface area contributed by atoms with Crippen LogP contribution in [0.3, 0.4) is 0 Å². The van der Waals surface area contributed by atoms with E-state index in [2.05, 4.69) is 188 Å². The average Bonchev–Trinajstić information content (AvgIpc) is 3.85. The number of hydrogen-bond donors (Lipinski definition) is 0. The van der Waals surface area contributed by atoms with Crippen LogP contribution < -0.4 is 0 Å². The molecule has 0 saturated carbocycles. The smallest absolute Gasteiger partial charge is 0.160 e. The molecule has 8 aromatic carbocycles. The molecule has 1 heterocycles. The molecule has 1 unspecified atom stereocenters. The molecular formula is C52H32N2. The molecule has 3 aliphatic rings. The normalized spacial score (nSPS) is 15.8. The predicted molar refractivity (Wildman–Crippen MR) is 220 cm³/mol. The molecule has 0 radical (unpaired) electrons. The number of aromatic nitrogens is 2. The maximum atomic E-state index is 5.63. The van der Waals surface area contributed by atoms with Crippen LogP contribution in [-0.4, -0.2) is 9.97 Å². The third-order valence-corrected chi connectivity index (χ3v) is 12.2. The Morgan fingerprint density at radius 3 is 1.69 bits per heavy atom. The van der Waals surface area contributed by atoms with E-state index in [0.717, 1.165) is 39.5 Å². The van der Waals surface area contributed by atoms with E-state index in [1.165, 1.54) is 66.4 Å². The molecule has 54 heavy (non-hydrogen) atoms. The van der Waals surface area contributed by atoms with Crippen LogP contribution >= 0.6 is 0 Å². The van der Waals surface area contributed by atoms with Crippen LogP contribution in [0.1, 0.15) is 44.9 Å². The minimum absolute atomic E-state index is 0.133. The molecule has 0 aliphatic heterocycles. The Morgan fingerprint density at radius 2 is 0.926 bits per heavy atom. The lowest BCUT2D eigenvalue weighted by atomic mass is 9.69. The molecular weight excluding hydrogens is 653 g/mol. The van der Waals surface area contributed by atoms with Crippen molar-refractivity contribution in [3.8, 4) is 56.2 Å². The van der Waals surface area contributed by atoms with E-state index in [9.17, 15) is 0 Å². The van der Waals surface area contributed by atoms with Gasteiger partial charge in [-0.25, -0.2) is 9.97 Å². The zero-order valence-corrected chi connectivity index (χ0v) is 29.4. The first-order chi connectivity index (χ1) is 26.8. The zero-order chi connectivity index (χ0) is 35.4. The van der Waals surface area contributed by atoms with Crippen molar-refractivity contribution in [1.82, 2.24) is 9.97 Å². The van der Waals surface area contributed by atoms with E-state index in [-0.39, 0.29) is 5.92 Å². The number of fused-ring (bicyclic) bond motifs is 14. The molecule has 2 heteroatoms. The van der Waals surface area contributed by atoms with Gasteiger partial charge < -0.3 is 0 Å². The molecule has 0 bridgehead atoms. The molecule has 3 aliphatic carbocycles. The maximum Gasteiger partial charge on any atom is 0.160 e. The van der Waals surface area contributed by atoms with Crippen LogP contribution in [0.2, 0.25) is 0 Å². The quantitative estimate of drug-likeness (QED) is 0.185. The topological polar surface area (TPSA) is 25.8 Å². The van der Waals surface area contributed by atoms with E-state index >= 15 is 0 Å². The second-order valence-electron chi connectivity index (χ2n) is 14.8. The summed E-state index contributed by atoms with van der Waals surface area (Å²) in [4.78, 5) is 11.2. The SMILES string of the molecule is c1ccc(-c2nc3c(c(-c4cccc5ccccc45)n2)C2(c4ccccc4-c4ccc(C5c6ccccc6-c6ccccc65)cc42)c2ccccc2-3)cc1. The summed E-state index contributed by atoms with van der Waals surface area (Å²) in [7, 11) is 0. The van der Waals surface area contributed by atoms with Crippen LogP contribution in [0.4, 0.5) is 0 Å². The van der Waals surface area contributed by atoms with Gasteiger partial charge in [0.1, 0.15) is 0 Å². The highest BCUT2D eigenvalue weighted by atomic mass is 14.9. The van der Waals surface area contributed by atoms with Gasteiger partial charge in [-0.1, -0.05) is 188 Å². The monoisotopic (exact) mass is 684 g/mol. The molecule has 0 fully saturated rings. The molecule has 1 aromatic heterocycles. The van der Waals surface area contributed by atoms with Crippen LogP contribution in [0, 0.1) is 0 Å². The molecule has 9 aromatic rings. The summed E-state index contributed by atoms with van der Waals surface area (Å²) in [6.07, 6.45) is 0. The van der Waals surface area contributed by atoms with Gasteiger partial charge in [0.2, 0.25) is 0 Å². The lowest BCUT2D eigenvalue weighted by Crippen LogP contribution is -2.27. The number of benzene rings is 8. The van der Waals surface area contributed by atoms with Crippen molar-refractivity contribution in [2.45, 2.75) is 11.3 Å². The van der Waals surface area contributed by atoms with Crippen molar-refractivity contribution < 1.29 is 0 Å². The van der Waals surface area contributed by atoms with Gasteiger partial charge in [0.25, 0.3) is 0 Å².